The molecule has 0 atom stereocenters. The fraction of sp³-hybridized carbons (Fsp3) is 0.167. The highest BCUT2D eigenvalue weighted by atomic mass is 16.5. The summed E-state index contributed by atoms with van der Waals surface area (Å²) in [4.78, 5) is 28.1. The van der Waals surface area contributed by atoms with Crippen LogP contribution < -0.4 is 10.4 Å². The highest BCUT2D eigenvalue weighted by Crippen LogP contribution is 2.21. The molecule has 0 unspecified atom stereocenters. The number of nitrogens with zero attached hydrogens (tertiary/aromatic N) is 1. The van der Waals surface area contributed by atoms with Crippen molar-refractivity contribution in [2.24, 2.45) is 0 Å². The Balaban J connectivity index is 2.00. The minimum Gasteiger partial charge on any atom is -0.427 e. The highest BCUT2D eigenvalue weighted by molar-refractivity contribution is 5.81. The Morgan fingerprint density at radius 3 is 2.70 bits per heavy atom. The van der Waals surface area contributed by atoms with Crippen molar-refractivity contribution in [3.05, 3.63) is 59.0 Å². The molecule has 5 heteroatoms. The quantitative estimate of drug-likeness (QED) is 0.544. The smallest absolute Gasteiger partial charge is 0.347 e. The van der Waals surface area contributed by atoms with E-state index in [9.17, 15) is 9.59 Å². The van der Waals surface area contributed by atoms with E-state index in [-0.39, 0.29) is 17.2 Å². The van der Waals surface area contributed by atoms with Crippen molar-refractivity contribution in [1.29, 1.82) is 0 Å². The molecular weight excluding hydrogens is 294 g/mol. The molecule has 0 fully saturated rings. The predicted octanol–water partition coefficient (Wildman–Crippen LogP) is 3.56. The van der Waals surface area contributed by atoms with E-state index < -0.39 is 5.63 Å². The third kappa shape index (κ3) is 3.29. The molecule has 0 aliphatic carbocycles. The first kappa shape index (κ1) is 15.0. The maximum atomic E-state index is 12.2. The lowest BCUT2D eigenvalue weighted by Crippen LogP contribution is -2.08. The molecule has 5 nitrogen and oxygen atoms in total. The van der Waals surface area contributed by atoms with Crippen LogP contribution in [0.3, 0.4) is 0 Å². The van der Waals surface area contributed by atoms with Crippen LogP contribution in [0.25, 0.3) is 22.4 Å². The maximum Gasteiger partial charge on any atom is 0.347 e. The first-order chi connectivity index (χ1) is 11.2. The highest BCUT2D eigenvalue weighted by Gasteiger charge is 2.11. The van der Waals surface area contributed by atoms with Crippen molar-refractivity contribution >= 4 is 16.9 Å². The molecule has 0 saturated heterocycles. The molecule has 0 radical (unpaired) electrons. The molecule has 0 amide bonds. The van der Waals surface area contributed by atoms with Crippen molar-refractivity contribution in [3.63, 3.8) is 0 Å². The van der Waals surface area contributed by atoms with Crippen LogP contribution >= 0.6 is 0 Å². The van der Waals surface area contributed by atoms with Gasteiger partial charge in [-0.05, 0) is 36.8 Å². The van der Waals surface area contributed by atoms with Crippen molar-refractivity contribution in [2.45, 2.75) is 19.8 Å². The summed E-state index contributed by atoms with van der Waals surface area (Å²) in [6, 6.07) is 13.9. The molecular formula is C18H15NO4. The van der Waals surface area contributed by atoms with Gasteiger partial charge in [-0.15, -0.1) is 0 Å². The molecule has 23 heavy (non-hydrogen) atoms. The van der Waals surface area contributed by atoms with Gasteiger partial charge >= 0.3 is 11.6 Å². The second-order valence-electron chi connectivity index (χ2n) is 5.08. The summed E-state index contributed by atoms with van der Waals surface area (Å²) in [6.45, 7) is 1.89. The normalized spacial score (nSPS) is 10.7. The molecule has 3 aromatic rings. The van der Waals surface area contributed by atoms with Gasteiger partial charge in [-0.1, -0.05) is 25.1 Å². The Hall–Kier alpha value is -2.95. The van der Waals surface area contributed by atoms with Crippen LogP contribution in [0, 0.1) is 0 Å². The zero-order chi connectivity index (χ0) is 16.2. The second-order valence-corrected chi connectivity index (χ2v) is 5.08. The summed E-state index contributed by atoms with van der Waals surface area (Å²) >= 11 is 0. The molecule has 1 aromatic heterocycles. The summed E-state index contributed by atoms with van der Waals surface area (Å²) in [5.41, 5.74) is 0.711. The van der Waals surface area contributed by atoms with Gasteiger partial charge in [-0.3, -0.25) is 4.79 Å². The van der Waals surface area contributed by atoms with E-state index in [4.69, 9.17) is 9.15 Å². The Morgan fingerprint density at radius 1 is 1.17 bits per heavy atom. The van der Waals surface area contributed by atoms with Crippen LogP contribution in [-0.4, -0.2) is 11.0 Å². The number of benzene rings is 2. The number of hydrogen-bond acceptors (Lipinski definition) is 5. The van der Waals surface area contributed by atoms with Gasteiger partial charge in [0.2, 0.25) is 5.89 Å². The monoisotopic (exact) mass is 309 g/mol. The van der Waals surface area contributed by atoms with Gasteiger partial charge in [0.05, 0.1) is 10.9 Å². The van der Waals surface area contributed by atoms with E-state index in [1.54, 1.807) is 12.1 Å². The van der Waals surface area contributed by atoms with Crippen LogP contribution in [0.15, 0.2) is 57.7 Å². The minimum absolute atomic E-state index is 0.263. The third-order valence-electron chi connectivity index (χ3n) is 3.31. The van der Waals surface area contributed by atoms with Crippen LogP contribution in [0.2, 0.25) is 0 Å². The number of rotatable bonds is 4. The number of esters is 1. The number of hydrogen-bond donors (Lipinski definition) is 0. The fourth-order valence-corrected chi connectivity index (χ4v) is 2.21. The van der Waals surface area contributed by atoms with Crippen LogP contribution in [0.5, 0.6) is 5.75 Å². The molecule has 0 saturated carbocycles. The maximum absolute atomic E-state index is 12.2. The summed E-state index contributed by atoms with van der Waals surface area (Å²) in [5.74, 6) is 0.251. The van der Waals surface area contributed by atoms with E-state index in [1.807, 2.05) is 37.3 Å². The molecule has 0 N–H and O–H groups in total. The molecule has 2 aromatic carbocycles. The van der Waals surface area contributed by atoms with E-state index >= 15 is 0 Å². The average Bonchev–Trinajstić information content (AvgIpc) is 2.56. The molecule has 0 aliphatic rings. The van der Waals surface area contributed by atoms with Crippen LogP contribution in [0.1, 0.15) is 19.8 Å². The Bertz CT molecular complexity index is 900. The summed E-state index contributed by atoms with van der Waals surface area (Å²) < 4.78 is 10.5. The largest absolute Gasteiger partial charge is 0.427 e. The van der Waals surface area contributed by atoms with Crippen LogP contribution in [0.4, 0.5) is 0 Å². The van der Waals surface area contributed by atoms with Crippen molar-refractivity contribution in [2.75, 3.05) is 0 Å². The molecule has 0 bridgehead atoms. The first-order valence-corrected chi connectivity index (χ1v) is 7.38. The lowest BCUT2D eigenvalue weighted by Gasteiger charge is -2.05. The molecule has 0 spiro atoms. The standard InChI is InChI=1S/C18H15NO4/c1-2-6-16(20)22-13-9-10-15-14(11-13)18(21)23-17(19-15)12-7-4-3-5-8-12/h3-5,7-11H,2,6H2,1H3. The lowest BCUT2D eigenvalue weighted by molar-refractivity contribution is -0.134. The molecule has 116 valence electrons. The van der Waals surface area contributed by atoms with Crippen molar-refractivity contribution in [1.82, 2.24) is 4.98 Å². The van der Waals surface area contributed by atoms with Gasteiger partial charge in [0.1, 0.15) is 5.75 Å². The number of ether oxygens (including phenoxy) is 1. The van der Waals surface area contributed by atoms with Crippen molar-refractivity contribution in [3.8, 4) is 17.2 Å². The average molecular weight is 309 g/mol. The third-order valence-corrected chi connectivity index (χ3v) is 3.31. The van der Waals surface area contributed by atoms with E-state index in [0.29, 0.717) is 24.1 Å². The second kappa shape index (κ2) is 6.44. The molecule has 1 heterocycles. The van der Waals surface area contributed by atoms with Gasteiger partial charge < -0.3 is 9.15 Å². The lowest BCUT2D eigenvalue weighted by atomic mass is 10.2. The number of carbonyl (C=O) groups excluding carboxylic acids is 1. The summed E-state index contributed by atoms with van der Waals surface area (Å²) in [7, 11) is 0. The number of aromatic nitrogens is 1. The Labute approximate surface area is 132 Å². The van der Waals surface area contributed by atoms with Crippen molar-refractivity contribution < 1.29 is 13.9 Å². The van der Waals surface area contributed by atoms with Gasteiger partial charge in [0.15, 0.2) is 0 Å². The van der Waals surface area contributed by atoms with E-state index in [2.05, 4.69) is 4.98 Å². The topological polar surface area (TPSA) is 69.4 Å². The first-order valence-electron chi connectivity index (χ1n) is 7.38. The summed E-state index contributed by atoms with van der Waals surface area (Å²) in [5, 5.41) is 0.284. The zero-order valence-electron chi connectivity index (χ0n) is 12.6. The van der Waals surface area contributed by atoms with E-state index in [1.165, 1.54) is 6.07 Å². The fourth-order valence-electron chi connectivity index (χ4n) is 2.21. The Kier molecular flexibility index (Phi) is 4.19. The van der Waals surface area contributed by atoms with Gasteiger partial charge in [-0.25, -0.2) is 9.78 Å². The van der Waals surface area contributed by atoms with Crippen LogP contribution in [-0.2, 0) is 4.79 Å². The number of carbonyl (C=O) groups is 1. The Morgan fingerprint density at radius 2 is 1.96 bits per heavy atom. The SMILES string of the molecule is CCCC(=O)Oc1ccc2nc(-c3ccccc3)oc(=O)c2c1. The molecule has 3 rings (SSSR count). The summed E-state index contributed by atoms with van der Waals surface area (Å²) in [6.07, 6.45) is 1.04. The van der Waals surface area contributed by atoms with Gasteiger partial charge in [0.25, 0.3) is 0 Å². The van der Waals surface area contributed by atoms with Gasteiger partial charge in [0, 0.05) is 12.0 Å². The van der Waals surface area contributed by atoms with Gasteiger partial charge in [-0.2, -0.15) is 0 Å². The zero-order valence-corrected chi connectivity index (χ0v) is 12.6. The minimum atomic E-state index is -0.512. The molecule has 0 aliphatic heterocycles. The number of fused-ring (bicyclic) bond motifs is 1. The predicted molar refractivity (Wildman–Crippen MR) is 86.3 cm³/mol. The van der Waals surface area contributed by atoms with E-state index in [0.717, 1.165) is 5.56 Å².